The van der Waals surface area contributed by atoms with Crippen molar-refractivity contribution in [3.05, 3.63) is 72.1 Å². The zero-order valence-electron chi connectivity index (χ0n) is 21.9. The van der Waals surface area contributed by atoms with Crippen molar-refractivity contribution in [2.75, 3.05) is 58.9 Å². The molecule has 5 rings (SSSR count). The van der Waals surface area contributed by atoms with Gasteiger partial charge < -0.3 is 24.4 Å². The first-order chi connectivity index (χ1) is 19.1. The fourth-order valence-corrected chi connectivity index (χ4v) is 4.59. The summed E-state index contributed by atoms with van der Waals surface area (Å²) in [5, 5.41) is 3.65. The summed E-state index contributed by atoms with van der Waals surface area (Å²) in [7, 11) is 3.14. The van der Waals surface area contributed by atoms with Gasteiger partial charge in [-0.25, -0.2) is 9.97 Å². The van der Waals surface area contributed by atoms with Crippen LogP contribution >= 0.6 is 0 Å². The second kappa shape index (κ2) is 12.0. The van der Waals surface area contributed by atoms with Crippen LogP contribution in [-0.2, 0) is 20.9 Å². The maximum atomic E-state index is 13.1. The zero-order chi connectivity index (χ0) is 27.2. The number of carbonyl (C=O) groups is 2. The molecule has 0 unspecified atom stereocenters. The van der Waals surface area contributed by atoms with Gasteiger partial charge in [0.2, 0.25) is 11.6 Å². The molecule has 1 saturated heterocycles. The average molecular weight is 531 g/mol. The average Bonchev–Trinajstić information content (AvgIpc) is 2.96. The quantitative estimate of drug-likeness (QED) is 0.307. The van der Waals surface area contributed by atoms with E-state index in [1.807, 2.05) is 17.2 Å². The summed E-state index contributed by atoms with van der Waals surface area (Å²) in [5.41, 5.74) is 2.31. The van der Waals surface area contributed by atoms with E-state index in [1.165, 1.54) is 25.6 Å². The Kier molecular flexibility index (Phi) is 8.09. The van der Waals surface area contributed by atoms with E-state index in [4.69, 9.17) is 14.2 Å². The van der Waals surface area contributed by atoms with E-state index < -0.39 is 0 Å². The maximum absolute atomic E-state index is 13.1. The van der Waals surface area contributed by atoms with Crippen molar-refractivity contribution < 1.29 is 23.8 Å². The predicted octanol–water partition coefficient (Wildman–Crippen LogP) is 2.21. The molecular formula is C28H30N6O5. The first kappa shape index (κ1) is 26.3. The second-order valence-corrected chi connectivity index (χ2v) is 9.15. The minimum absolute atomic E-state index is 0.151. The molecule has 3 aromatic rings. The lowest BCUT2D eigenvalue weighted by Gasteiger charge is -2.37. The smallest absolute Gasteiger partial charge is 0.204 e. The summed E-state index contributed by atoms with van der Waals surface area (Å²) < 4.78 is 16.3. The van der Waals surface area contributed by atoms with Crippen LogP contribution in [0.1, 0.15) is 5.56 Å². The number of rotatable bonds is 10. The Morgan fingerprint density at radius 2 is 1.82 bits per heavy atom. The minimum atomic E-state index is -0.291. The summed E-state index contributed by atoms with van der Waals surface area (Å²) in [6, 6.07) is 7.46. The molecule has 0 amide bonds. The van der Waals surface area contributed by atoms with Crippen molar-refractivity contribution in [2.45, 2.75) is 6.54 Å². The van der Waals surface area contributed by atoms with Crippen LogP contribution in [0.5, 0.6) is 11.5 Å². The fraction of sp³-hybridized carbons (Fsp3) is 0.321. The molecule has 202 valence electrons. The number of piperazine rings is 1. The van der Waals surface area contributed by atoms with Gasteiger partial charge >= 0.3 is 0 Å². The highest BCUT2D eigenvalue weighted by Crippen LogP contribution is 2.34. The van der Waals surface area contributed by atoms with Gasteiger partial charge in [-0.05, 0) is 17.7 Å². The largest absolute Gasteiger partial charge is 0.493 e. The Morgan fingerprint density at radius 3 is 2.56 bits per heavy atom. The molecule has 1 N–H and O–H groups in total. The van der Waals surface area contributed by atoms with Crippen LogP contribution in [0.2, 0.25) is 0 Å². The van der Waals surface area contributed by atoms with Gasteiger partial charge in [0.1, 0.15) is 18.8 Å². The number of nitrogens with one attached hydrogen (secondary N) is 1. The summed E-state index contributed by atoms with van der Waals surface area (Å²) in [6.45, 7) is 4.48. The van der Waals surface area contributed by atoms with Crippen molar-refractivity contribution in [3.8, 4) is 11.5 Å². The molecule has 3 heterocycles. The number of aromatic nitrogens is 3. The topological polar surface area (TPSA) is 119 Å². The molecule has 0 bridgehead atoms. The summed E-state index contributed by atoms with van der Waals surface area (Å²) >= 11 is 0. The molecular weight excluding hydrogens is 500 g/mol. The molecule has 1 aliphatic carbocycles. The number of methoxy groups -OCH3 is 2. The lowest BCUT2D eigenvalue weighted by atomic mass is 10.0. The summed E-state index contributed by atoms with van der Waals surface area (Å²) in [5.74, 6) is 0.877. The van der Waals surface area contributed by atoms with Crippen LogP contribution in [0.25, 0.3) is 10.9 Å². The predicted molar refractivity (Wildman–Crippen MR) is 144 cm³/mol. The number of fused-ring (bicyclic) bond motifs is 1. The van der Waals surface area contributed by atoms with Gasteiger partial charge in [-0.1, -0.05) is 6.07 Å². The highest BCUT2D eigenvalue weighted by atomic mass is 16.5. The summed E-state index contributed by atoms with van der Waals surface area (Å²) in [6.07, 6.45) is 7.76. The van der Waals surface area contributed by atoms with Crippen LogP contribution in [0.15, 0.2) is 66.5 Å². The third kappa shape index (κ3) is 6.05. The van der Waals surface area contributed by atoms with E-state index in [0.717, 1.165) is 25.2 Å². The Labute approximate surface area is 226 Å². The van der Waals surface area contributed by atoms with Crippen LogP contribution in [0.3, 0.4) is 0 Å². The van der Waals surface area contributed by atoms with E-state index >= 15 is 0 Å². The SMILES string of the molecule is COCCOc1cc2ncnc(NC3=CC(=O)C(N4CCN(Cc5cccnc5)CC4)=CC3=O)c2cc1OC. The molecule has 1 aliphatic heterocycles. The molecule has 0 saturated carbocycles. The second-order valence-electron chi connectivity index (χ2n) is 9.15. The number of carbonyl (C=O) groups excluding carboxylic acids is 2. The van der Waals surface area contributed by atoms with Gasteiger partial charge in [0, 0.05) is 75.8 Å². The molecule has 2 aromatic heterocycles. The van der Waals surface area contributed by atoms with Crippen molar-refractivity contribution in [1.82, 2.24) is 24.8 Å². The molecule has 0 spiro atoms. The molecule has 0 radical (unpaired) electrons. The first-order valence-corrected chi connectivity index (χ1v) is 12.7. The third-order valence-corrected chi connectivity index (χ3v) is 6.62. The standard InChI is InChI=1S/C28H30N6O5/c1-37-10-11-39-27-14-21-20(12-26(27)38-2)28(31-18-30-21)32-22-13-25(36)23(15-24(22)35)34-8-6-33(7-9-34)17-19-4-3-5-29-16-19/h3-5,12-16,18H,6-11,17H2,1-2H3,(H,30,31,32). The maximum Gasteiger partial charge on any atom is 0.204 e. The highest BCUT2D eigenvalue weighted by molar-refractivity contribution is 6.21. The van der Waals surface area contributed by atoms with Crippen molar-refractivity contribution in [1.29, 1.82) is 0 Å². The van der Waals surface area contributed by atoms with Gasteiger partial charge in [0.05, 0.1) is 30.6 Å². The first-order valence-electron chi connectivity index (χ1n) is 12.7. The van der Waals surface area contributed by atoms with Crippen LogP contribution in [-0.4, -0.2) is 89.9 Å². The number of ether oxygens (including phenoxy) is 3. The van der Waals surface area contributed by atoms with Gasteiger partial charge in [0.25, 0.3) is 0 Å². The number of hydrogen-bond donors (Lipinski definition) is 1. The lowest BCUT2D eigenvalue weighted by Crippen LogP contribution is -2.47. The highest BCUT2D eigenvalue weighted by Gasteiger charge is 2.28. The number of benzene rings is 1. The molecule has 39 heavy (non-hydrogen) atoms. The normalized spacial score (nSPS) is 16.2. The molecule has 0 atom stereocenters. The minimum Gasteiger partial charge on any atom is -0.493 e. The number of hydrogen-bond acceptors (Lipinski definition) is 11. The molecule has 11 nitrogen and oxygen atoms in total. The Morgan fingerprint density at radius 1 is 0.974 bits per heavy atom. The monoisotopic (exact) mass is 530 g/mol. The van der Waals surface area contributed by atoms with Crippen molar-refractivity contribution in [3.63, 3.8) is 0 Å². The number of pyridine rings is 1. The van der Waals surface area contributed by atoms with E-state index in [2.05, 4.69) is 31.2 Å². The fourth-order valence-electron chi connectivity index (χ4n) is 4.59. The number of ketones is 2. The lowest BCUT2D eigenvalue weighted by molar-refractivity contribution is -0.116. The number of nitrogens with zero attached hydrogens (tertiary/aromatic N) is 5. The molecule has 2 aliphatic rings. The van der Waals surface area contributed by atoms with Gasteiger partial charge in [-0.3, -0.25) is 19.5 Å². The van der Waals surface area contributed by atoms with Crippen molar-refractivity contribution in [2.24, 2.45) is 0 Å². The number of allylic oxidation sites excluding steroid dienone is 2. The van der Waals surface area contributed by atoms with Crippen LogP contribution in [0, 0.1) is 0 Å². The Balaban J connectivity index is 1.27. The third-order valence-electron chi connectivity index (χ3n) is 6.62. The van der Waals surface area contributed by atoms with E-state index in [1.54, 1.807) is 25.4 Å². The van der Waals surface area contributed by atoms with Gasteiger partial charge in [-0.2, -0.15) is 0 Å². The Bertz CT molecular complexity index is 1420. The molecule has 1 fully saturated rings. The van der Waals surface area contributed by atoms with E-state index in [-0.39, 0.29) is 17.3 Å². The van der Waals surface area contributed by atoms with E-state index in [9.17, 15) is 9.59 Å². The van der Waals surface area contributed by atoms with Crippen molar-refractivity contribution >= 4 is 28.3 Å². The molecule has 11 heteroatoms. The zero-order valence-corrected chi connectivity index (χ0v) is 21.9. The molecule has 1 aromatic carbocycles. The van der Waals surface area contributed by atoms with Crippen LogP contribution < -0.4 is 14.8 Å². The van der Waals surface area contributed by atoms with E-state index in [0.29, 0.717) is 60.2 Å². The Hall–Kier alpha value is -4.35. The summed E-state index contributed by atoms with van der Waals surface area (Å²) in [4.78, 5) is 43.2. The number of anilines is 1. The van der Waals surface area contributed by atoms with Gasteiger partial charge in [0.15, 0.2) is 11.5 Å². The van der Waals surface area contributed by atoms with Gasteiger partial charge in [-0.15, -0.1) is 0 Å². The van der Waals surface area contributed by atoms with Crippen LogP contribution in [0.4, 0.5) is 5.82 Å².